The number of ketones is 1. The Morgan fingerprint density at radius 2 is 1.47 bits per heavy atom. The number of carbonyl (C=O) groups is 2. The van der Waals surface area contributed by atoms with Crippen molar-refractivity contribution in [3.05, 3.63) is 143 Å². The van der Waals surface area contributed by atoms with Crippen molar-refractivity contribution in [1.82, 2.24) is 15.5 Å². The van der Waals surface area contributed by atoms with E-state index in [4.69, 9.17) is 9.47 Å². The van der Waals surface area contributed by atoms with Crippen molar-refractivity contribution in [1.29, 1.82) is 0 Å². The first-order chi connectivity index (χ1) is 23.9. The van der Waals surface area contributed by atoms with Gasteiger partial charge in [0, 0.05) is 37.7 Å². The average Bonchev–Trinajstić information content (AvgIpc) is 3.55. The first kappa shape index (κ1) is 34.5. The fourth-order valence-electron chi connectivity index (χ4n) is 6.73. The molecule has 2 heterocycles. The molecular weight excluding hydrogens is 618 g/mol. The van der Waals surface area contributed by atoms with Gasteiger partial charge in [-0.2, -0.15) is 0 Å². The van der Waals surface area contributed by atoms with E-state index in [1.807, 2.05) is 97.1 Å². The summed E-state index contributed by atoms with van der Waals surface area (Å²) in [5, 5.41) is 25.6. The van der Waals surface area contributed by atoms with Crippen molar-refractivity contribution in [3.63, 3.8) is 0 Å². The Bertz CT molecular complexity index is 1650. The highest BCUT2D eigenvalue weighted by molar-refractivity contribution is 5.87. The molecular formula is C40H45N3O6. The van der Waals surface area contributed by atoms with E-state index in [0.717, 1.165) is 46.3 Å². The van der Waals surface area contributed by atoms with Crippen molar-refractivity contribution in [3.8, 4) is 0 Å². The number of β-amino-alcohol motifs (C(OH)–C–C–N with tert-alkyl or cyclic N) is 1. The van der Waals surface area contributed by atoms with E-state index in [1.54, 1.807) is 0 Å². The molecule has 6 rings (SSSR count). The highest BCUT2D eigenvalue weighted by Crippen LogP contribution is 2.47. The van der Waals surface area contributed by atoms with Gasteiger partial charge in [-0.3, -0.25) is 9.69 Å². The molecule has 4 aromatic rings. The normalized spacial score (nSPS) is 23.1. The monoisotopic (exact) mass is 663 g/mol. The summed E-state index contributed by atoms with van der Waals surface area (Å²) in [4.78, 5) is 27.2. The number of hydrogen-bond donors (Lipinski definition) is 4. The summed E-state index contributed by atoms with van der Waals surface area (Å²) in [6.45, 7) is 3.79. The topological polar surface area (TPSA) is 120 Å². The third-order valence-corrected chi connectivity index (χ3v) is 9.44. The van der Waals surface area contributed by atoms with Gasteiger partial charge in [0.1, 0.15) is 0 Å². The molecule has 1 unspecified atom stereocenters. The Kier molecular flexibility index (Phi) is 11.5. The molecule has 4 N–H and O–H groups in total. The number of benzene rings is 4. The Balaban J connectivity index is 1.18. The number of aliphatic hydroxyl groups is 2. The lowest BCUT2D eigenvalue weighted by Crippen LogP contribution is -2.46. The number of urea groups is 1. The molecule has 2 saturated heterocycles. The van der Waals surface area contributed by atoms with Crippen LogP contribution in [0.3, 0.4) is 0 Å². The van der Waals surface area contributed by atoms with Gasteiger partial charge >= 0.3 is 6.03 Å². The van der Waals surface area contributed by atoms with Crippen LogP contribution in [0.1, 0.15) is 65.0 Å². The molecule has 0 radical (unpaired) electrons. The summed E-state index contributed by atoms with van der Waals surface area (Å²) in [6, 6.07) is 34.5. The number of likely N-dealkylation sites (tertiary alicyclic amines) is 1. The maximum Gasteiger partial charge on any atom is 0.315 e. The van der Waals surface area contributed by atoms with E-state index in [1.165, 1.54) is 6.92 Å². The molecule has 49 heavy (non-hydrogen) atoms. The number of amides is 2. The van der Waals surface area contributed by atoms with Crippen LogP contribution in [0.4, 0.5) is 4.79 Å². The van der Waals surface area contributed by atoms with Gasteiger partial charge in [0.25, 0.3) is 0 Å². The van der Waals surface area contributed by atoms with E-state index in [-0.39, 0.29) is 43.2 Å². The molecule has 0 spiro atoms. The van der Waals surface area contributed by atoms with Gasteiger partial charge in [-0.25, -0.2) is 4.79 Å². The predicted octanol–water partition coefficient (Wildman–Crippen LogP) is 5.18. The summed E-state index contributed by atoms with van der Waals surface area (Å²) < 4.78 is 13.6. The first-order valence-corrected chi connectivity index (χ1v) is 17.0. The van der Waals surface area contributed by atoms with Gasteiger partial charge in [0.15, 0.2) is 12.1 Å². The van der Waals surface area contributed by atoms with Crippen molar-refractivity contribution in [2.45, 2.75) is 69.5 Å². The zero-order valence-electron chi connectivity index (χ0n) is 27.8. The Morgan fingerprint density at radius 3 is 2.10 bits per heavy atom. The summed E-state index contributed by atoms with van der Waals surface area (Å²) in [6.07, 6.45) is -0.389. The Labute approximate surface area is 287 Å². The molecule has 0 aromatic heterocycles. The molecule has 9 heteroatoms. The van der Waals surface area contributed by atoms with E-state index in [0.29, 0.717) is 19.5 Å². The van der Waals surface area contributed by atoms with Crippen LogP contribution < -0.4 is 10.6 Å². The lowest BCUT2D eigenvalue weighted by atomic mass is 9.83. The van der Waals surface area contributed by atoms with Crippen LogP contribution >= 0.6 is 0 Å². The van der Waals surface area contributed by atoms with Crippen molar-refractivity contribution in [2.24, 2.45) is 0 Å². The quantitative estimate of drug-likeness (QED) is 0.165. The van der Waals surface area contributed by atoms with Crippen LogP contribution in [0.25, 0.3) is 0 Å². The van der Waals surface area contributed by atoms with Crippen LogP contribution in [-0.2, 0) is 33.8 Å². The number of ether oxygens (including phenoxy) is 2. The second-order valence-corrected chi connectivity index (χ2v) is 13.0. The predicted molar refractivity (Wildman–Crippen MR) is 186 cm³/mol. The minimum Gasteiger partial charge on any atom is -0.392 e. The molecule has 2 aliphatic heterocycles. The SMILES string of the molecule is CC(=O)[C@@H](Cc1ccccc1)NC(=O)NCc1ccc(C2O[C@H](CN3CC[C@@H](O)C3)[C@@H](c3ccccc3)[C@H](c3ccc(CO)cc3)O2)cc1. The summed E-state index contributed by atoms with van der Waals surface area (Å²) in [5.41, 5.74) is 5.65. The van der Waals surface area contributed by atoms with Crippen LogP contribution in [0.5, 0.6) is 0 Å². The van der Waals surface area contributed by atoms with Crippen LogP contribution in [-0.4, -0.2) is 64.8 Å². The second kappa shape index (κ2) is 16.3. The molecule has 2 amide bonds. The van der Waals surface area contributed by atoms with Crippen LogP contribution in [0.2, 0.25) is 0 Å². The summed E-state index contributed by atoms with van der Waals surface area (Å²) in [7, 11) is 0. The van der Waals surface area contributed by atoms with Gasteiger partial charge < -0.3 is 30.3 Å². The maximum atomic E-state index is 12.7. The molecule has 2 fully saturated rings. The Morgan fingerprint density at radius 1 is 0.816 bits per heavy atom. The number of rotatable bonds is 12. The van der Waals surface area contributed by atoms with E-state index in [9.17, 15) is 19.8 Å². The number of nitrogens with one attached hydrogen (secondary N) is 2. The van der Waals surface area contributed by atoms with Gasteiger partial charge in [-0.1, -0.05) is 109 Å². The number of nitrogens with zero attached hydrogens (tertiary/aromatic N) is 1. The number of hydrogen-bond acceptors (Lipinski definition) is 7. The van der Waals surface area contributed by atoms with E-state index in [2.05, 4.69) is 27.7 Å². The summed E-state index contributed by atoms with van der Waals surface area (Å²) in [5.74, 6) is -0.218. The standard InChI is InChI=1S/C40H45N3O6/c1-27(45)35(22-28-8-4-2-5-9-28)42-40(47)41-23-29-12-18-33(19-13-29)39-48-36(25-43-21-20-34(46)24-43)37(31-10-6-3-7-11-31)38(49-39)32-16-14-30(26-44)15-17-32/h2-19,34-39,44,46H,20-26H2,1H3,(H2,41,42,47)/t34-,35-,36-,37-,38+,39?/m1/s1. The smallest absolute Gasteiger partial charge is 0.315 e. The number of Topliss-reactive ketones (excluding diaryl/α,β-unsaturated/α-hetero) is 1. The third-order valence-electron chi connectivity index (χ3n) is 9.44. The zero-order chi connectivity index (χ0) is 34.2. The maximum absolute atomic E-state index is 12.7. The molecule has 0 saturated carbocycles. The van der Waals surface area contributed by atoms with Crippen molar-refractivity contribution >= 4 is 11.8 Å². The largest absolute Gasteiger partial charge is 0.392 e. The van der Waals surface area contributed by atoms with Crippen molar-refractivity contribution < 1.29 is 29.3 Å². The molecule has 9 nitrogen and oxygen atoms in total. The number of carbonyl (C=O) groups excluding carboxylic acids is 2. The average molecular weight is 664 g/mol. The first-order valence-electron chi connectivity index (χ1n) is 17.0. The number of aliphatic hydroxyl groups excluding tert-OH is 2. The lowest BCUT2D eigenvalue weighted by molar-refractivity contribution is -0.263. The minimum absolute atomic E-state index is 0.0343. The Hall–Kier alpha value is -4.38. The van der Waals surface area contributed by atoms with Gasteiger partial charge in [0.05, 0.1) is 31.0 Å². The second-order valence-electron chi connectivity index (χ2n) is 13.0. The third kappa shape index (κ3) is 9.00. The van der Waals surface area contributed by atoms with Crippen molar-refractivity contribution in [2.75, 3.05) is 19.6 Å². The fraction of sp³-hybridized carbons (Fsp3) is 0.350. The van der Waals surface area contributed by atoms with Gasteiger partial charge in [-0.05, 0) is 47.6 Å². The highest BCUT2D eigenvalue weighted by Gasteiger charge is 2.43. The van der Waals surface area contributed by atoms with E-state index >= 15 is 0 Å². The zero-order valence-corrected chi connectivity index (χ0v) is 27.8. The summed E-state index contributed by atoms with van der Waals surface area (Å²) >= 11 is 0. The molecule has 0 aliphatic carbocycles. The molecule has 2 aliphatic rings. The van der Waals surface area contributed by atoms with Crippen LogP contribution in [0, 0.1) is 0 Å². The van der Waals surface area contributed by atoms with Crippen LogP contribution in [0.15, 0.2) is 109 Å². The minimum atomic E-state index is -0.653. The fourth-order valence-corrected chi connectivity index (χ4v) is 6.73. The van der Waals surface area contributed by atoms with Gasteiger partial charge in [0.2, 0.25) is 0 Å². The van der Waals surface area contributed by atoms with Gasteiger partial charge in [-0.15, -0.1) is 0 Å². The molecule has 4 aromatic carbocycles. The molecule has 0 bridgehead atoms. The van der Waals surface area contributed by atoms with E-state index < -0.39 is 18.4 Å². The highest BCUT2D eigenvalue weighted by atomic mass is 16.7. The molecule has 256 valence electrons. The molecule has 6 atom stereocenters. The lowest BCUT2D eigenvalue weighted by Gasteiger charge is -2.44.